The second-order valence-corrected chi connectivity index (χ2v) is 4.83. The Balaban J connectivity index is 2.02. The Morgan fingerprint density at radius 1 is 0.929 bits per heavy atom. The molecule has 0 amide bonds. The summed E-state index contributed by atoms with van der Waals surface area (Å²) in [5.74, 6) is 0. The van der Waals surface area contributed by atoms with Crippen LogP contribution in [-0.4, -0.2) is 0 Å². The van der Waals surface area contributed by atoms with E-state index in [4.69, 9.17) is 0 Å². The van der Waals surface area contributed by atoms with Crippen LogP contribution in [0.25, 0.3) is 0 Å². The monoisotopic (exact) mass is 226 g/mol. The molecule has 2 rings (SSSR count). The normalized spacial score (nSPS) is 10.7. The number of nitrogens with zero attached hydrogens (tertiary/aromatic N) is 2. The summed E-state index contributed by atoms with van der Waals surface area (Å²) < 4.78 is 4.60. The highest BCUT2D eigenvalue weighted by Crippen LogP contribution is 1.98. The first kappa shape index (κ1) is 9.80. The summed E-state index contributed by atoms with van der Waals surface area (Å²) in [5.41, 5.74) is 7.06. The van der Waals surface area contributed by atoms with Crippen LogP contribution in [0.5, 0.6) is 0 Å². The van der Waals surface area contributed by atoms with Crippen LogP contribution in [0.3, 0.4) is 0 Å². The molecule has 0 spiro atoms. The molecule has 0 atom stereocenters. The van der Waals surface area contributed by atoms with Crippen LogP contribution in [-0.2, 0) is 13.1 Å². The second-order valence-electron chi connectivity index (χ2n) is 3.39. The highest BCUT2D eigenvalue weighted by atomic mass is 32.1. The van der Waals surface area contributed by atoms with Crippen molar-refractivity contribution in [1.82, 2.24) is 0 Å². The van der Waals surface area contributed by atoms with Gasteiger partial charge in [0.05, 0.1) is 10.8 Å². The number of hydrogen-bond donors (Lipinski definition) is 0. The number of aryl methyl sites for hydroxylation is 4. The van der Waals surface area contributed by atoms with Gasteiger partial charge in [-0.15, -0.1) is 0 Å². The molecule has 0 aromatic carbocycles. The smallest absolute Gasteiger partial charge is 0.186 e. The minimum Gasteiger partial charge on any atom is -0.186 e. The summed E-state index contributed by atoms with van der Waals surface area (Å²) in [6.45, 7) is 6.44. The molecule has 2 heterocycles. The van der Waals surface area contributed by atoms with E-state index in [0.29, 0.717) is 0 Å². The largest absolute Gasteiger partial charge is 0.225 e. The molecule has 2 aromatic rings. The van der Waals surface area contributed by atoms with Crippen molar-refractivity contribution in [2.75, 3.05) is 0 Å². The number of rotatable bonds is 3. The van der Waals surface area contributed by atoms with Gasteiger partial charge >= 0.3 is 0 Å². The van der Waals surface area contributed by atoms with E-state index in [1.165, 1.54) is 11.4 Å². The lowest BCUT2D eigenvalue weighted by Gasteiger charge is -1.92. The fourth-order valence-electron chi connectivity index (χ4n) is 1.38. The van der Waals surface area contributed by atoms with Crippen LogP contribution >= 0.6 is 22.7 Å². The van der Waals surface area contributed by atoms with E-state index in [-0.39, 0.29) is 0 Å². The van der Waals surface area contributed by atoms with Gasteiger partial charge in [0.15, 0.2) is 11.4 Å². The van der Waals surface area contributed by atoms with Gasteiger partial charge in [-0.1, -0.05) is 22.7 Å². The SMILES string of the molecule is Cc1csc[n+]1CC[n+]1cscc1C. The molecular weight excluding hydrogens is 212 g/mol. The molecule has 2 nitrogen and oxygen atoms in total. The molecule has 0 N–H and O–H groups in total. The molecular formula is C10H14N2S2+2. The molecule has 0 saturated heterocycles. The number of hydrogen-bond acceptors (Lipinski definition) is 2. The van der Waals surface area contributed by atoms with Crippen LogP contribution in [0.4, 0.5) is 0 Å². The third-order valence-corrected chi connectivity index (χ3v) is 4.05. The van der Waals surface area contributed by atoms with Crippen molar-refractivity contribution >= 4 is 22.7 Å². The Bertz CT molecular complexity index is 377. The maximum atomic E-state index is 2.30. The maximum Gasteiger partial charge on any atom is 0.225 e. The summed E-state index contributed by atoms with van der Waals surface area (Å²) >= 11 is 3.53. The van der Waals surface area contributed by atoms with Gasteiger partial charge in [0.25, 0.3) is 0 Å². The van der Waals surface area contributed by atoms with Crippen molar-refractivity contribution < 1.29 is 9.13 Å². The Labute approximate surface area is 92.1 Å². The predicted octanol–water partition coefficient (Wildman–Crippen LogP) is 1.70. The first-order valence-electron chi connectivity index (χ1n) is 4.62. The topological polar surface area (TPSA) is 7.76 Å². The van der Waals surface area contributed by atoms with Gasteiger partial charge in [0.2, 0.25) is 24.1 Å². The van der Waals surface area contributed by atoms with Crippen LogP contribution in [0.15, 0.2) is 21.8 Å². The molecule has 0 aliphatic heterocycles. The summed E-state index contributed by atoms with van der Waals surface area (Å²) in [6, 6.07) is 0. The predicted molar refractivity (Wildman–Crippen MR) is 58.5 cm³/mol. The first-order valence-corrected chi connectivity index (χ1v) is 6.50. The molecule has 0 radical (unpaired) electrons. The molecule has 14 heavy (non-hydrogen) atoms. The molecule has 74 valence electrons. The van der Waals surface area contributed by atoms with Gasteiger partial charge in [0.1, 0.15) is 0 Å². The fraction of sp³-hybridized carbons (Fsp3) is 0.400. The fourth-order valence-corrected chi connectivity index (χ4v) is 3.00. The van der Waals surface area contributed by atoms with E-state index in [0.717, 1.165) is 13.1 Å². The number of aromatic nitrogens is 2. The van der Waals surface area contributed by atoms with Crippen molar-refractivity contribution in [3.8, 4) is 0 Å². The molecule has 2 aromatic heterocycles. The van der Waals surface area contributed by atoms with Crippen molar-refractivity contribution in [2.45, 2.75) is 26.9 Å². The van der Waals surface area contributed by atoms with E-state index in [1.807, 2.05) is 0 Å². The van der Waals surface area contributed by atoms with Gasteiger partial charge in [-0.3, -0.25) is 0 Å². The van der Waals surface area contributed by atoms with E-state index < -0.39 is 0 Å². The molecule has 4 heteroatoms. The third-order valence-electron chi connectivity index (χ3n) is 2.34. The summed E-state index contributed by atoms with van der Waals surface area (Å²) in [6.07, 6.45) is 0. The minimum absolute atomic E-state index is 1.07. The Morgan fingerprint density at radius 2 is 1.36 bits per heavy atom. The zero-order valence-electron chi connectivity index (χ0n) is 8.43. The van der Waals surface area contributed by atoms with Crippen LogP contribution in [0.2, 0.25) is 0 Å². The van der Waals surface area contributed by atoms with Gasteiger partial charge in [-0.05, 0) is 0 Å². The van der Waals surface area contributed by atoms with Gasteiger partial charge in [0, 0.05) is 13.8 Å². The van der Waals surface area contributed by atoms with Crippen LogP contribution in [0, 0.1) is 13.8 Å². The summed E-state index contributed by atoms with van der Waals surface area (Å²) in [5, 5.41) is 4.37. The molecule has 0 aliphatic carbocycles. The van der Waals surface area contributed by atoms with Crippen LogP contribution < -0.4 is 9.13 Å². The van der Waals surface area contributed by atoms with Crippen molar-refractivity contribution in [3.05, 3.63) is 33.2 Å². The average Bonchev–Trinajstić information content (AvgIpc) is 2.72. The molecule has 0 aliphatic rings. The Kier molecular flexibility index (Phi) is 2.93. The standard InChI is InChI=1S/C10H14N2S2/c1-9-5-13-7-11(9)3-4-12-8-14-6-10(12)2/h5-8H,3-4H2,1-2H3/q+2. The third kappa shape index (κ3) is 2.01. The average molecular weight is 226 g/mol. The van der Waals surface area contributed by atoms with Crippen molar-refractivity contribution in [2.24, 2.45) is 0 Å². The Hall–Kier alpha value is -0.740. The maximum absolute atomic E-state index is 2.30. The van der Waals surface area contributed by atoms with E-state index in [2.05, 4.69) is 44.8 Å². The first-order chi connectivity index (χ1) is 6.77. The lowest BCUT2D eigenvalue weighted by Crippen LogP contribution is -2.45. The quantitative estimate of drug-likeness (QED) is 0.704. The Morgan fingerprint density at radius 3 is 1.64 bits per heavy atom. The zero-order valence-corrected chi connectivity index (χ0v) is 10.1. The van der Waals surface area contributed by atoms with E-state index in [1.54, 1.807) is 22.7 Å². The lowest BCUT2D eigenvalue weighted by molar-refractivity contribution is -0.779. The lowest BCUT2D eigenvalue weighted by atomic mass is 10.5. The van der Waals surface area contributed by atoms with Crippen molar-refractivity contribution in [3.63, 3.8) is 0 Å². The van der Waals surface area contributed by atoms with Gasteiger partial charge in [-0.25, -0.2) is 0 Å². The van der Waals surface area contributed by atoms with E-state index in [9.17, 15) is 0 Å². The molecule has 0 bridgehead atoms. The molecule has 0 saturated carbocycles. The van der Waals surface area contributed by atoms with Gasteiger partial charge < -0.3 is 0 Å². The molecule has 0 fully saturated rings. The zero-order chi connectivity index (χ0) is 9.97. The summed E-state index contributed by atoms with van der Waals surface area (Å²) in [4.78, 5) is 0. The highest BCUT2D eigenvalue weighted by molar-refractivity contribution is 7.07. The van der Waals surface area contributed by atoms with Crippen molar-refractivity contribution in [1.29, 1.82) is 0 Å². The summed E-state index contributed by atoms with van der Waals surface area (Å²) in [7, 11) is 0. The second kappa shape index (κ2) is 4.19. The number of thiazole rings is 2. The molecule has 0 unspecified atom stereocenters. The highest BCUT2D eigenvalue weighted by Gasteiger charge is 2.12. The van der Waals surface area contributed by atoms with Crippen LogP contribution in [0.1, 0.15) is 11.4 Å². The van der Waals surface area contributed by atoms with E-state index >= 15 is 0 Å². The van der Waals surface area contributed by atoms with Gasteiger partial charge in [-0.2, -0.15) is 9.13 Å². The minimum atomic E-state index is 1.07.